The molecule has 0 saturated carbocycles. The summed E-state index contributed by atoms with van der Waals surface area (Å²) < 4.78 is 5.62. The lowest BCUT2D eigenvalue weighted by Crippen LogP contribution is -2.14. The first kappa shape index (κ1) is 12.6. The second-order valence-corrected chi connectivity index (χ2v) is 4.29. The number of ether oxygens (including phenoxy) is 1. The van der Waals surface area contributed by atoms with Gasteiger partial charge < -0.3 is 9.84 Å². The highest BCUT2D eigenvalue weighted by molar-refractivity contribution is 5.25. The summed E-state index contributed by atoms with van der Waals surface area (Å²) in [5.74, 6) is 0.717. The van der Waals surface area contributed by atoms with E-state index in [1.807, 2.05) is 43.3 Å². The first-order valence-electron chi connectivity index (χ1n) is 6.00. The van der Waals surface area contributed by atoms with Crippen LogP contribution in [0.15, 0.2) is 48.8 Å². The van der Waals surface area contributed by atoms with Crippen molar-refractivity contribution in [1.82, 2.24) is 4.98 Å². The number of aryl methyl sites for hydroxylation is 1. The molecule has 0 spiro atoms. The van der Waals surface area contributed by atoms with Gasteiger partial charge in [0.15, 0.2) is 0 Å². The topological polar surface area (TPSA) is 42.4 Å². The Bertz CT molecular complexity index is 468. The fourth-order valence-electron chi connectivity index (χ4n) is 1.72. The Hall–Kier alpha value is -1.87. The summed E-state index contributed by atoms with van der Waals surface area (Å²) in [6, 6.07) is 11.8. The van der Waals surface area contributed by atoms with E-state index in [2.05, 4.69) is 4.98 Å². The molecule has 0 aliphatic carbocycles. The van der Waals surface area contributed by atoms with Crippen LogP contribution in [0.25, 0.3) is 0 Å². The first-order chi connectivity index (χ1) is 8.79. The van der Waals surface area contributed by atoms with Crippen molar-refractivity contribution in [3.63, 3.8) is 0 Å². The van der Waals surface area contributed by atoms with Gasteiger partial charge in [0.25, 0.3) is 0 Å². The van der Waals surface area contributed by atoms with Crippen molar-refractivity contribution in [2.45, 2.75) is 12.8 Å². The second kappa shape index (κ2) is 6.17. The van der Waals surface area contributed by atoms with Gasteiger partial charge >= 0.3 is 0 Å². The number of nitrogens with zero attached hydrogens (tertiary/aromatic N) is 1. The van der Waals surface area contributed by atoms with E-state index in [-0.39, 0.29) is 12.5 Å². The summed E-state index contributed by atoms with van der Waals surface area (Å²) >= 11 is 0. The van der Waals surface area contributed by atoms with Gasteiger partial charge in [0, 0.05) is 12.1 Å². The zero-order valence-electron chi connectivity index (χ0n) is 10.4. The standard InChI is InChI=1S/C15H17NO2/c1-12-4-6-13(7-5-12)14(10-17)11-18-15-3-2-8-16-9-15/h2-9,14,17H,10-11H2,1H3. The van der Waals surface area contributed by atoms with Gasteiger partial charge in [-0.2, -0.15) is 0 Å². The van der Waals surface area contributed by atoms with Crippen molar-refractivity contribution in [2.75, 3.05) is 13.2 Å². The van der Waals surface area contributed by atoms with Gasteiger partial charge in [-0.05, 0) is 24.6 Å². The van der Waals surface area contributed by atoms with Crippen molar-refractivity contribution < 1.29 is 9.84 Å². The summed E-state index contributed by atoms with van der Waals surface area (Å²) in [4.78, 5) is 3.99. The van der Waals surface area contributed by atoms with Crippen LogP contribution < -0.4 is 4.74 Å². The van der Waals surface area contributed by atoms with Crippen molar-refractivity contribution in [3.05, 3.63) is 59.9 Å². The molecule has 0 radical (unpaired) electrons. The lowest BCUT2D eigenvalue weighted by Gasteiger charge is -2.15. The quantitative estimate of drug-likeness (QED) is 0.877. The van der Waals surface area contributed by atoms with Crippen LogP contribution in [0.2, 0.25) is 0 Å². The minimum atomic E-state index is -0.00851. The fourth-order valence-corrected chi connectivity index (χ4v) is 1.72. The highest BCUT2D eigenvalue weighted by atomic mass is 16.5. The summed E-state index contributed by atoms with van der Waals surface area (Å²) in [6.07, 6.45) is 3.37. The van der Waals surface area contributed by atoms with Crippen LogP contribution in [0.3, 0.4) is 0 Å². The van der Waals surface area contributed by atoms with Gasteiger partial charge in [-0.25, -0.2) is 0 Å². The van der Waals surface area contributed by atoms with Gasteiger partial charge in [-0.3, -0.25) is 4.98 Å². The zero-order chi connectivity index (χ0) is 12.8. The molecule has 0 amide bonds. The SMILES string of the molecule is Cc1ccc(C(CO)COc2cccnc2)cc1. The van der Waals surface area contributed by atoms with E-state index in [1.165, 1.54) is 5.56 Å². The average Bonchev–Trinajstić information content (AvgIpc) is 2.42. The molecule has 0 bridgehead atoms. The number of aliphatic hydroxyl groups excluding tert-OH is 1. The van der Waals surface area contributed by atoms with Gasteiger partial charge in [-0.1, -0.05) is 29.8 Å². The predicted octanol–water partition coefficient (Wildman–Crippen LogP) is 2.54. The van der Waals surface area contributed by atoms with Crippen LogP contribution in [0, 0.1) is 6.92 Å². The Morgan fingerprint density at radius 1 is 1.22 bits per heavy atom. The molecule has 3 nitrogen and oxygen atoms in total. The van der Waals surface area contributed by atoms with E-state index < -0.39 is 0 Å². The van der Waals surface area contributed by atoms with Crippen molar-refractivity contribution in [2.24, 2.45) is 0 Å². The molecule has 2 rings (SSSR count). The van der Waals surface area contributed by atoms with E-state index in [1.54, 1.807) is 12.4 Å². The third-order valence-electron chi connectivity index (χ3n) is 2.85. The second-order valence-electron chi connectivity index (χ2n) is 4.29. The minimum absolute atomic E-state index is 0.00851. The molecule has 1 unspecified atom stereocenters. The molecule has 0 fully saturated rings. The molecule has 18 heavy (non-hydrogen) atoms. The van der Waals surface area contributed by atoms with Gasteiger partial charge in [0.05, 0.1) is 19.4 Å². The van der Waals surface area contributed by atoms with Gasteiger partial charge in [-0.15, -0.1) is 0 Å². The zero-order valence-corrected chi connectivity index (χ0v) is 10.4. The van der Waals surface area contributed by atoms with E-state index in [9.17, 15) is 5.11 Å². The Kier molecular flexibility index (Phi) is 4.31. The first-order valence-corrected chi connectivity index (χ1v) is 6.00. The number of pyridine rings is 1. The van der Waals surface area contributed by atoms with Crippen LogP contribution in [-0.2, 0) is 0 Å². The molecule has 3 heteroatoms. The summed E-state index contributed by atoms with van der Waals surface area (Å²) in [7, 11) is 0. The molecular formula is C15H17NO2. The highest BCUT2D eigenvalue weighted by Gasteiger charge is 2.11. The highest BCUT2D eigenvalue weighted by Crippen LogP contribution is 2.18. The van der Waals surface area contributed by atoms with Crippen molar-refractivity contribution >= 4 is 0 Å². The minimum Gasteiger partial charge on any atom is -0.491 e. The largest absolute Gasteiger partial charge is 0.491 e. The van der Waals surface area contributed by atoms with Crippen LogP contribution in [0.4, 0.5) is 0 Å². The Labute approximate surface area is 107 Å². The molecule has 1 aromatic carbocycles. The Morgan fingerprint density at radius 3 is 2.61 bits per heavy atom. The van der Waals surface area contributed by atoms with Crippen LogP contribution in [0.1, 0.15) is 17.0 Å². The molecule has 1 aromatic heterocycles. The third kappa shape index (κ3) is 3.31. The van der Waals surface area contributed by atoms with E-state index in [0.29, 0.717) is 6.61 Å². The van der Waals surface area contributed by atoms with Crippen LogP contribution in [0.5, 0.6) is 5.75 Å². The molecule has 1 N–H and O–H groups in total. The smallest absolute Gasteiger partial charge is 0.137 e. The van der Waals surface area contributed by atoms with Crippen LogP contribution in [-0.4, -0.2) is 23.3 Å². The lowest BCUT2D eigenvalue weighted by atomic mass is 10.00. The molecule has 0 aliphatic rings. The number of rotatable bonds is 5. The predicted molar refractivity (Wildman–Crippen MR) is 70.7 cm³/mol. The maximum absolute atomic E-state index is 9.43. The Morgan fingerprint density at radius 2 is 2.00 bits per heavy atom. The average molecular weight is 243 g/mol. The number of benzene rings is 1. The Balaban J connectivity index is 1.99. The van der Waals surface area contributed by atoms with Gasteiger partial charge in [0.2, 0.25) is 0 Å². The number of aliphatic hydroxyl groups is 1. The monoisotopic (exact) mass is 243 g/mol. The maximum Gasteiger partial charge on any atom is 0.137 e. The summed E-state index contributed by atoms with van der Waals surface area (Å²) in [5.41, 5.74) is 2.30. The number of hydrogen-bond acceptors (Lipinski definition) is 3. The lowest BCUT2D eigenvalue weighted by molar-refractivity contribution is 0.204. The normalized spacial score (nSPS) is 12.1. The molecular weight excluding hydrogens is 226 g/mol. The number of aromatic nitrogens is 1. The molecule has 2 aromatic rings. The fraction of sp³-hybridized carbons (Fsp3) is 0.267. The van der Waals surface area contributed by atoms with Crippen LogP contribution >= 0.6 is 0 Å². The van der Waals surface area contributed by atoms with Crippen molar-refractivity contribution in [3.8, 4) is 5.75 Å². The van der Waals surface area contributed by atoms with E-state index in [4.69, 9.17) is 4.74 Å². The molecule has 1 heterocycles. The molecule has 0 saturated heterocycles. The summed E-state index contributed by atoms with van der Waals surface area (Å²) in [5, 5.41) is 9.43. The molecule has 0 aliphatic heterocycles. The van der Waals surface area contributed by atoms with E-state index >= 15 is 0 Å². The molecule has 94 valence electrons. The molecule has 1 atom stereocenters. The van der Waals surface area contributed by atoms with E-state index in [0.717, 1.165) is 11.3 Å². The van der Waals surface area contributed by atoms with Gasteiger partial charge in [0.1, 0.15) is 5.75 Å². The summed E-state index contributed by atoms with van der Waals surface area (Å²) in [6.45, 7) is 2.57. The third-order valence-corrected chi connectivity index (χ3v) is 2.85. The number of hydrogen-bond donors (Lipinski definition) is 1. The van der Waals surface area contributed by atoms with Crippen molar-refractivity contribution in [1.29, 1.82) is 0 Å². The maximum atomic E-state index is 9.43.